The van der Waals surface area contributed by atoms with Crippen LogP contribution in [-0.2, 0) is 11.2 Å². The summed E-state index contributed by atoms with van der Waals surface area (Å²) < 4.78 is 5.96. The van der Waals surface area contributed by atoms with E-state index in [4.69, 9.17) is 16.3 Å². The number of benzene rings is 2. The summed E-state index contributed by atoms with van der Waals surface area (Å²) in [6, 6.07) is 14.0. The molecule has 0 fully saturated rings. The van der Waals surface area contributed by atoms with Crippen molar-refractivity contribution in [3.05, 3.63) is 69.2 Å². The number of nitrogens with one attached hydrogen (secondary N) is 2. The van der Waals surface area contributed by atoms with Gasteiger partial charge in [-0.15, -0.1) is 0 Å². The third-order valence-corrected chi connectivity index (χ3v) is 3.97. The van der Waals surface area contributed by atoms with E-state index < -0.39 is 12.0 Å². The third-order valence-electron chi connectivity index (χ3n) is 2.95. The van der Waals surface area contributed by atoms with E-state index in [0.717, 1.165) is 10.0 Å². The fourth-order valence-electron chi connectivity index (χ4n) is 1.77. The lowest BCUT2D eigenvalue weighted by Crippen LogP contribution is -2.42. The average Bonchev–Trinajstić information content (AvgIpc) is 2.55. The summed E-state index contributed by atoms with van der Waals surface area (Å²) in [5.41, 5.74) is 5.86. The van der Waals surface area contributed by atoms with Crippen LogP contribution in [0.25, 0.3) is 0 Å². The first-order chi connectivity index (χ1) is 11.1. The number of rotatable bonds is 4. The Hall–Kier alpha value is -2.05. The second-order valence-corrected chi connectivity index (χ2v) is 5.85. The van der Waals surface area contributed by atoms with Crippen molar-refractivity contribution in [1.82, 2.24) is 10.9 Å². The van der Waals surface area contributed by atoms with E-state index >= 15 is 0 Å². The predicted molar refractivity (Wildman–Crippen MR) is 91.2 cm³/mol. The molecule has 7 heteroatoms. The minimum Gasteiger partial charge on any atom is -0.448 e. The maximum absolute atomic E-state index is 11.8. The van der Waals surface area contributed by atoms with Gasteiger partial charge in [0.15, 0.2) is 0 Å². The standard InChI is InChI=1S/C16H14BrClN2O3/c17-14-4-2-1-3-11(14)9-10-23-16(22)20-19-15(21)12-5-7-13(18)8-6-12/h1-8H,9-10H2,(H,19,21)(H,20,22). The molecular weight excluding hydrogens is 384 g/mol. The van der Waals surface area contributed by atoms with Crippen molar-refractivity contribution >= 4 is 39.5 Å². The molecule has 0 saturated heterocycles. The van der Waals surface area contributed by atoms with Gasteiger partial charge in [-0.1, -0.05) is 45.7 Å². The Morgan fingerprint density at radius 1 is 1.04 bits per heavy atom. The lowest BCUT2D eigenvalue weighted by Gasteiger charge is -2.09. The van der Waals surface area contributed by atoms with Gasteiger partial charge in [-0.2, -0.15) is 0 Å². The van der Waals surface area contributed by atoms with E-state index in [1.165, 1.54) is 0 Å². The smallest absolute Gasteiger partial charge is 0.426 e. The second-order valence-electron chi connectivity index (χ2n) is 4.56. The molecule has 120 valence electrons. The molecule has 0 atom stereocenters. The molecule has 0 aromatic heterocycles. The van der Waals surface area contributed by atoms with Gasteiger partial charge >= 0.3 is 6.09 Å². The quantitative estimate of drug-likeness (QED) is 0.773. The van der Waals surface area contributed by atoms with Crippen LogP contribution in [0.2, 0.25) is 5.02 Å². The highest BCUT2D eigenvalue weighted by molar-refractivity contribution is 9.10. The van der Waals surface area contributed by atoms with Crippen molar-refractivity contribution in [3.63, 3.8) is 0 Å². The number of halogens is 2. The van der Waals surface area contributed by atoms with Crippen molar-refractivity contribution in [1.29, 1.82) is 0 Å². The van der Waals surface area contributed by atoms with E-state index in [1.54, 1.807) is 24.3 Å². The van der Waals surface area contributed by atoms with Gasteiger partial charge in [0.05, 0.1) is 6.61 Å². The molecule has 5 nitrogen and oxygen atoms in total. The Labute approximate surface area is 147 Å². The van der Waals surface area contributed by atoms with Crippen molar-refractivity contribution in [2.45, 2.75) is 6.42 Å². The number of carbonyl (C=O) groups excluding carboxylic acids is 2. The summed E-state index contributed by atoms with van der Waals surface area (Å²) in [5, 5.41) is 0.529. The zero-order chi connectivity index (χ0) is 16.7. The molecule has 2 aromatic carbocycles. The van der Waals surface area contributed by atoms with Gasteiger partial charge in [0, 0.05) is 21.5 Å². The SMILES string of the molecule is O=C(NNC(=O)c1ccc(Cl)cc1)OCCc1ccccc1Br. The fraction of sp³-hybridized carbons (Fsp3) is 0.125. The molecule has 23 heavy (non-hydrogen) atoms. The Morgan fingerprint density at radius 2 is 1.74 bits per heavy atom. The van der Waals surface area contributed by atoms with Crippen LogP contribution >= 0.6 is 27.5 Å². The van der Waals surface area contributed by atoms with Gasteiger partial charge < -0.3 is 4.74 Å². The number of ether oxygens (including phenoxy) is 1. The Morgan fingerprint density at radius 3 is 2.43 bits per heavy atom. The van der Waals surface area contributed by atoms with Crippen LogP contribution in [0.4, 0.5) is 4.79 Å². The molecular formula is C16H14BrClN2O3. The lowest BCUT2D eigenvalue weighted by molar-refractivity contribution is 0.0910. The Kier molecular flexibility index (Phi) is 6.43. The van der Waals surface area contributed by atoms with E-state index in [1.807, 2.05) is 24.3 Å². The lowest BCUT2D eigenvalue weighted by atomic mass is 10.2. The highest BCUT2D eigenvalue weighted by Crippen LogP contribution is 2.16. The number of hydrazine groups is 1. The molecule has 2 N–H and O–H groups in total. The summed E-state index contributed by atoms with van der Waals surface area (Å²) >= 11 is 9.16. The molecule has 0 saturated carbocycles. The van der Waals surface area contributed by atoms with Crippen molar-refractivity contribution < 1.29 is 14.3 Å². The fourth-order valence-corrected chi connectivity index (χ4v) is 2.38. The summed E-state index contributed by atoms with van der Waals surface area (Å²) in [6.45, 7) is 0.200. The van der Waals surface area contributed by atoms with Crippen LogP contribution in [0.15, 0.2) is 53.0 Å². The van der Waals surface area contributed by atoms with Crippen LogP contribution in [0, 0.1) is 0 Å². The average molecular weight is 398 g/mol. The van der Waals surface area contributed by atoms with E-state index in [0.29, 0.717) is 17.0 Å². The van der Waals surface area contributed by atoms with E-state index in [9.17, 15) is 9.59 Å². The number of carbonyl (C=O) groups is 2. The first-order valence-corrected chi connectivity index (χ1v) is 7.95. The van der Waals surface area contributed by atoms with E-state index in [2.05, 4.69) is 26.8 Å². The molecule has 2 rings (SSSR count). The molecule has 0 aliphatic carbocycles. The maximum Gasteiger partial charge on any atom is 0.426 e. The van der Waals surface area contributed by atoms with Crippen LogP contribution in [-0.4, -0.2) is 18.6 Å². The number of amides is 2. The third kappa shape index (κ3) is 5.58. The molecule has 0 unspecified atom stereocenters. The minimum absolute atomic E-state index is 0.200. The van der Waals surface area contributed by atoms with Gasteiger partial charge in [0.25, 0.3) is 5.91 Å². The minimum atomic E-state index is -0.723. The molecule has 0 radical (unpaired) electrons. The first-order valence-electron chi connectivity index (χ1n) is 6.78. The zero-order valence-electron chi connectivity index (χ0n) is 12.0. The number of hydrogen-bond acceptors (Lipinski definition) is 3. The van der Waals surface area contributed by atoms with Crippen molar-refractivity contribution in [3.8, 4) is 0 Å². The highest BCUT2D eigenvalue weighted by Gasteiger charge is 2.08. The van der Waals surface area contributed by atoms with Crippen molar-refractivity contribution in [2.75, 3.05) is 6.61 Å². The van der Waals surface area contributed by atoms with Crippen molar-refractivity contribution in [2.24, 2.45) is 0 Å². The Bertz CT molecular complexity index is 692. The normalized spacial score (nSPS) is 10.0. The molecule has 2 aromatic rings. The number of hydrogen-bond donors (Lipinski definition) is 2. The van der Waals surface area contributed by atoms with Crippen LogP contribution in [0.3, 0.4) is 0 Å². The summed E-state index contributed by atoms with van der Waals surface area (Å²) in [5.74, 6) is -0.454. The van der Waals surface area contributed by atoms with Gasteiger partial charge in [-0.05, 0) is 35.9 Å². The largest absolute Gasteiger partial charge is 0.448 e. The second kappa shape index (κ2) is 8.55. The van der Waals surface area contributed by atoms with Gasteiger partial charge in [-0.3, -0.25) is 10.2 Å². The molecule has 2 amide bonds. The van der Waals surface area contributed by atoms with Gasteiger partial charge in [0.2, 0.25) is 0 Å². The monoisotopic (exact) mass is 396 g/mol. The van der Waals surface area contributed by atoms with Crippen LogP contribution < -0.4 is 10.9 Å². The zero-order valence-corrected chi connectivity index (χ0v) is 14.4. The summed E-state index contributed by atoms with van der Waals surface area (Å²) in [4.78, 5) is 23.3. The molecule has 0 heterocycles. The first kappa shape index (κ1) is 17.3. The Balaban J connectivity index is 1.72. The molecule has 0 bridgehead atoms. The summed E-state index contributed by atoms with van der Waals surface area (Å²) in [7, 11) is 0. The molecule has 0 aliphatic heterocycles. The molecule has 0 spiro atoms. The van der Waals surface area contributed by atoms with E-state index in [-0.39, 0.29) is 6.61 Å². The topological polar surface area (TPSA) is 67.4 Å². The summed E-state index contributed by atoms with van der Waals surface area (Å²) in [6.07, 6.45) is -0.153. The predicted octanol–water partition coefficient (Wildman–Crippen LogP) is 3.72. The maximum atomic E-state index is 11.8. The highest BCUT2D eigenvalue weighted by atomic mass is 79.9. The van der Waals surface area contributed by atoms with Crippen LogP contribution in [0.1, 0.15) is 15.9 Å². The molecule has 0 aliphatic rings. The van der Waals surface area contributed by atoms with Gasteiger partial charge in [-0.25, -0.2) is 10.2 Å². The van der Waals surface area contributed by atoms with Gasteiger partial charge in [0.1, 0.15) is 0 Å². The van der Waals surface area contributed by atoms with Crippen LogP contribution in [0.5, 0.6) is 0 Å².